The van der Waals surface area contributed by atoms with Gasteiger partial charge in [-0.25, -0.2) is 9.67 Å². The van der Waals surface area contributed by atoms with Crippen LogP contribution in [0.3, 0.4) is 0 Å². The lowest BCUT2D eigenvalue weighted by Crippen LogP contribution is -2.44. The van der Waals surface area contributed by atoms with Crippen LogP contribution in [-0.2, 0) is 6.54 Å². The fourth-order valence-electron chi connectivity index (χ4n) is 3.51. The van der Waals surface area contributed by atoms with Gasteiger partial charge in [0.2, 0.25) is 0 Å². The van der Waals surface area contributed by atoms with E-state index in [1.165, 1.54) is 12.0 Å². The van der Waals surface area contributed by atoms with E-state index in [4.69, 9.17) is 0 Å². The normalized spacial score (nSPS) is 14.8. The molecular weight excluding hydrogens is 364 g/mol. The van der Waals surface area contributed by atoms with Crippen molar-refractivity contribution in [2.24, 2.45) is 0 Å². The highest BCUT2D eigenvalue weighted by molar-refractivity contribution is 6.04. The van der Waals surface area contributed by atoms with Crippen LogP contribution in [0.1, 0.15) is 21.5 Å². The molecule has 0 aliphatic carbocycles. The summed E-state index contributed by atoms with van der Waals surface area (Å²) in [5, 5.41) is 7.14. The number of amides is 1. The maximum Gasteiger partial charge on any atom is 0.255 e. The molecule has 0 radical (unpaired) electrons. The zero-order valence-corrected chi connectivity index (χ0v) is 16.9. The second-order valence-electron chi connectivity index (χ2n) is 7.53. The molecule has 2 heterocycles. The van der Waals surface area contributed by atoms with Crippen molar-refractivity contribution in [3.8, 4) is 0 Å². The van der Waals surface area contributed by atoms with Gasteiger partial charge in [-0.05, 0) is 55.4 Å². The van der Waals surface area contributed by atoms with Crippen LogP contribution >= 0.6 is 0 Å². The van der Waals surface area contributed by atoms with Crippen molar-refractivity contribution in [1.29, 1.82) is 0 Å². The molecule has 0 atom stereocenters. The molecule has 2 aromatic carbocycles. The molecule has 1 saturated heterocycles. The number of likely N-dealkylation sites (N-methyl/N-ethyl adjacent to an activating group) is 1. The molecule has 0 bridgehead atoms. The van der Waals surface area contributed by atoms with Crippen molar-refractivity contribution < 1.29 is 4.79 Å². The summed E-state index contributed by atoms with van der Waals surface area (Å²) >= 11 is 0. The summed E-state index contributed by atoms with van der Waals surface area (Å²) in [4.78, 5) is 21.3. The molecule has 0 saturated carbocycles. The molecule has 7 heteroatoms. The topological polar surface area (TPSA) is 66.3 Å². The van der Waals surface area contributed by atoms with Gasteiger partial charge in [-0.1, -0.05) is 12.1 Å². The van der Waals surface area contributed by atoms with Crippen molar-refractivity contribution in [1.82, 2.24) is 19.7 Å². The number of nitrogens with one attached hydrogen (secondary N) is 1. The summed E-state index contributed by atoms with van der Waals surface area (Å²) in [6.45, 7) is 6.88. The molecule has 1 aromatic heterocycles. The van der Waals surface area contributed by atoms with Gasteiger partial charge in [-0.15, -0.1) is 0 Å². The van der Waals surface area contributed by atoms with Gasteiger partial charge in [0, 0.05) is 43.1 Å². The third-order valence-electron chi connectivity index (χ3n) is 5.35. The number of piperazine rings is 1. The number of aryl methyl sites for hydroxylation is 1. The molecule has 150 valence electrons. The van der Waals surface area contributed by atoms with E-state index in [0.29, 0.717) is 12.1 Å². The Hall–Kier alpha value is -3.19. The fourth-order valence-corrected chi connectivity index (χ4v) is 3.51. The maximum atomic E-state index is 12.7. The first kappa shape index (κ1) is 19.1. The van der Waals surface area contributed by atoms with Crippen LogP contribution in [0.2, 0.25) is 0 Å². The molecular formula is C22H26N6O. The Balaban J connectivity index is 1.40. The monoisotopic (exact) mass is 390 g/mol. The number of aromatic nitrogens is 3. The van der Waals surface area contributed by atoms with E-state index in [1.54, 1.807) is 11.0 Å². The maximum absolute atomic E-state index is 12.7. The number of hydrogen-bond acceptors (Lipinski definition) is 5. The number of benzene rings is 2. The van der Waals surface area contributed by atoms with Crippen LogP contribution in [0, 0.1) is 6.92 Å². The van der Waals surface area contributed by atoms with Crippen LogP contribution in [0.4, 0.5) is 11.4 Å². The minimum Gasteiger partial charge on any atom is -0.369 e. The fraction of sp³-hybridized carbons (Fsp3) is 0.318. The lowest BCUT2D eigenvalue weighted by atomic mass is 10.1. The predicted molar refractivity (Wildman–Crippen MR) is 114 cm³/mol. The molecule has 7 nitrogen and oxygen atoms in total. The van der Waals surface area contributed by atoms with Gasteiger partial charge >= 0.3 is 0 Å². The Morgan fingerprint density at radius 2 is 1.83 bits per heavy atom. The Labute approximate surface area is 171 Å². The smallest absolute Gasteiger partial charge is 0.255 e. The predicted octanol–water partition coefficient (Wildman–Crippen LogP) is 2.64. The first-order chi connectivity index (χ1) is 14.1. The van der Waals surface area contributed by atoms with Gasteiger partial charge in [0.1, 0.15) is 12.7 Å². The lowest BCUT2D eigenvalue weighted by molar-refractivity contribution is 0.102. The SMILES string of the molecule is Cc1cc(N2CCN(C)CC2)ccc1NC(=O)c1ccc(Cn2cncn2)cc1. The molecule has 1 aliphatic heterocycles. The quantitative estimate of drug-likeness (QED) is 0.726. The second-order valence-corrected chi connectivity index (χ2v) is 7.53. The average molecular weight is 390 g/mol. The third-order valence-corrected chi connectivity index (χ3v) is 5.35. The van der Waals surface area contributed by atoms with Crippen LogP contribution in [-0.4, -0.2) is 58.8 Å². The van der Waals surface area contributed by atoms with E-state index in [1.807, 2.05) is 37.3 Å². The standard InChI is InChI=1S/C22H26N6O/c1-17-13-20(27-11-9-26(2)10-12-27)7-8-21(17)25-22(29)19-5-3-18(4-6-19)14-28-16-23-15-24-28/h3-8,13,15-16H,9-12,14H2,1-2H3,(H,25,29). The van der Waals surface area contributed by atoms with Gasteiger partial charge < -0.3 is 15.1 Å². The third kappa shape index (κ3) is 4.63. The molecule has 1 N–H and O–H groups in total. The number of carbonyl (C=O) groups is 1. The van der Waals surface area contributed by atoms with Crippen LogP contribution < -0.4 is 10.2 Å². The molecule has 3 aromatic rings. The number of rotatable bonds is 5. The summed E-state index contributed by atoms with van der Waals surface area (Å²) in [5.74, 6) is -0.104. The van der Waals surface area contributed by atoms with E-state index in [2.05, 4.69) is 44.4 Å². The highest BCUT2D eigenvalue weighted by Crippen LogP contribution is 2.24. The van der Waals surface area contributed by atoms with E-state index >= 15 is 0 Å². The van der Waals surface area contributed by atoms with E-state index in [-0.39, 0.29) is 5.91 Å². The Morgan fingerprint density at radius 1 is 1.07 bits per heavy atom. The average Bonchev–Trinajstić information content (AvgIpc) is 3.24. The van der Waals surface area contributed by atoms with Gasteiger partial charge in [0.15, 0.2) is 0 Å². The Bertz CT molecular complexity index is 959. The number of anilines is 2. The van der Waals surface area contributed by atoms with Crippen molar-refractivity contribution in [2.75, 3.05) is 43.4 Å². The molecule has 0 unspecified atom stereocenters. The van der Waals surface area contributed by atoms with Gasteiger partial charge in [0.05, 0.1) is 6.54 Å². The number of carbonyl (C=O) groups excluding carboxylic acids is 1. The van der Waals surface area contributed by atoms with Crippen LogP contribution in [0.5, 0.6) is 0 Å². The Morgan fingerprint density at radius 3 is 2.48 bits per heavy atom. The molecule has 1 fully saturated rings. The minimum atomic E-state index is -0.104. The first-order valence-electron chi connectivity index (χ1n) is 9.85. The second kappa shape index (κ2) is 8.45. The van der Waals surface area contributed by atoms with E-state index in [0.717, 1.165) is 43.0 Å². The Kier molecular flexibility index (Phi) is 5.57. The highest BCUT2D eigenvalue weighted by atomic mass is 16.1. The molecule has 1 amide bonds. The van der Waals surface area contributed by atoms with Crippen molar-refractivity contribution in [2.45, 2.75) is 13.5 Å². The number of hydrogen-bond donors (Lipinski definition) is 1. The lowest BCUT2D eigenvalue weighted by Gasteiger charge is -2.34. The molecule has 29 heavy (non-hydrogen) atoms. The zero-order chi connectivity index (χ0) is 20.2. The summed E-state index contributed by atoms with van der Waals surface area (Å²) < 4.78 is 1.75. The minimum absolute atomic E-state index is 0.104. The first-order valence-corrected chi connectivity index (χ1v) is 9.85. The highest BCUT2D eigenvalue weighted by Gasteiger charge is 2.15. The van der Waals surface area contributed by atoms with Crippen molar-refractivity contribution >= 4 is 17.3 Å². The van der Waals surface area contributed by atoms with Crippen LogP contribution in [0.15, 0.2) is 55.1 Å². The van der Waals surface area contributed by atoms with E-state index < -0.39 is 0 Å². The largest absolute Gasteiger partial charge is 0.369 e. The van der Waals surface area contributed by atoms with Gasteiger partial charge in [0.25, 0.3) is 5.91 Å². The molecule has 0 spiro atoms. The van der Waals surface area contributed by atoms with Gasteiger partial charge in [-0.2, -0.15) is 5.10 Å². The summed E-state index contributed by atoms with van der Waals surface area (Å²) in [5.41, 5.74) is 4.83. The zero-order valence-electron chi connectivity index (χ0n) is 16.9. The van der Waals surface area contributed by atoms with Crippen LogP contribution in [0.25, 0.3) is 0 Å². The van der Waals surface area contributed by atoms with Crippen molar-refractivity contribution in [3.63, 3.8) is 0 Å². The summed E-state index contributed by atoms with van der Waals surface area (Å²) in [7, 11) is 2.16. The van der Waals surface area contributed by atoms with Gasteiger partial charge in [-0.3, -0.25) is 4.79 Å². The van der Waals surface area contributed by atoms with Crippen molar-refractivity contribution in [3.05, 3.63) is 71.8 Å². The summed E-state index contributed by atoms with van der Waals surface area (Å²) in [6.07, 6.45) is 3.19. The molecule has 4 rings (SSSR count). The van der Waals surface area contributed by atoms with E-state index in [9.17, 15) is 4.79 Å². The number of nitrogens with zero attached hydrogens (tertiary/aromatic N) is 5. The molecule has 1 aliphatic rings. The summed E-state index contributed by atoms with van der Waals surface area (Å²) in [6, 6.07) is 13.8.